The van der Waals surface area contributed by atoms with Crippen LogP contribution in [0.4, 0.5) is 18.9 Å². The van der Waals surface area contributed by atoms with Gasteiger partial charge in [-0.1, -0.05) is 30.3 Å². The molecule has 0 heterocycles. The molecule has 1 saturated carbocycles. The van der Waals surface area contributed by atoms with Gasteiger partial charge in [0.1, 0.15) is 5.75 Å². The fraction of sp³-hybridized carbons (Fsp3) is 0.276. The van der Waals surface area contributed by atoms with E-state index in [0.717, 1.165) is 16.7 Å². The number of aryl methyl sites for hydroxylation is 1. The minimum absolute atomic E-state index is 0.0935. The molecule has 2 amide bonds. The molecule has 1 fully saturated rings. The number of carbonyl (C=O) groups excluding carboxylic acids is 2. The van der Waals surface area contributed by atoms with Gasteiger partial charge in [0, 0.05) is 21.2 Å². The molecule has 0 radical (unpaired) electrons. The molecular formula is C29H25F3IN3O3. The van der Waals surface area contributed by atoms with Crippen LogP contribution in [0, 0.1) is 21.8 Å². The summed E-state index contributed by atoms with van der Waals surface area (Å²) in [5.41, 5.74) is 2.49. The number of rotatable bonds is 7. The van der Waals surface area contributed by atoms with Crippen LogP contribution in [0.25, 0.3) is 0 Å². The summed E-state index contributed by atoms with van der Waals surface area (Å²) >= 11 is 2.03. The molecule has 0 aliphatic heterocycles. The summed E-state index contributed by atoms with van der Waals surface area (Å²) in [6.45, 7) is 5.49. The number of nitrogens with one attached hydrogen (secondary N) is 2. The van der Waals surface area contributed by atoms with Crippen molar-refractivity contribution in [1.29, 1.82) is 5.26 Å². The van der Waals surface area contributed by atoms with Crippen molar-refractivity contribution in [2.24, 2.45) is 0 Å². The molecule has 4 rings (SSSR count). The summed E-state index contributed by atoms with van der Waals surface area (Å²) in [5.74, 6) is -1.27. The van der Waals surface area contributed by atoms with E-state index >= 15 is 0 Å². The maximum Gasteiger partial charge on any atom is 0.573 e. The van der Waals surface area contributed by atoms with Crippen LogP contribution in [0.3, 0.4) is 0 Å². The number of ether oxygens (including phenoxy) is 1. The zero-order valence-corrected chi connectivity index (χ0v) is 23.5. The summed E-state index contributed by atoms with van der Waals surface area (Å²) in [4.78, 5) is 26.0. The Bertz CT molecular complexity index is 1470. The second-order valence-electron chi connectivity index (χ2n) is 9.73. The molecular weight excluding hydrogens is 622 g/mol. The van der Waals surface area contributed by atoms with Crippen LogP contribution in [-0.2, 0) is 5.41 Å². The molecule has 2 unspecified atom stereocenters. The van der Waals surface area contributed by atoms with E-state index in [2.05, 4.69) is 21.4 Å². The van der Waals surface area contributed by atoms with Gasteiger partial charge in [-0.3, -0.25) is 9.59 Å². The van der Waals surface area contributed by atoms with Gasteiger partial charge in [0.15, 0.2) is 0 Å². The lowest BCUT2D eigenvalue weighted by atomic mass is 9.90. The van der Waals surface area contributed by atoms with Crippen molar-refractivity contribution >= 4 is 40.1 Å². The number of nitriles is 1. The normalized spacial score (nSPS) is 18.3. The SMILES string of the molecule is Cc1cc(C2(C#N)CC2c2ccc(OC(F)(F)F)cc2)ccc1NC(=O)c1cccc(I)c1C(=O)NC(C)C. The average molecular weight is 647 g/mol. The maximum absolute atomic E-state index is 13.2. The Morgan fingerprint density at radius 2 is 1.79 bits per heavy atom. The van der Waals surface area contributed by atoms with Crippen molar-refractivity contribution in [3.05, 3.63) is 92.1 Å². The van der Waals surface area contributed by atoms with Crippen LogP contribution in [-0.4, -0.2) is 24.2 Å². The number of hydrogen-bond donors (Lipinski definition) is 2. The Morgan fingerprint density at radius 3 is 2.38 bits per heavy atom. The molecule has 39 heavy (non-hydrogen) atoms. The third kappa shape index (κ3) is 6.19. The zero-order chi connectivity index (χ0) is 28.5. The van der Waals surface area contributed by atoms with Crippen LogP contribution in [0.15, 0.2) is 60.7 Å². The highest BCUT2D eigenvalue weighted by Crippen LogP contribution is 2.60. The Balaban J connectivity index is 1.53. The lowest BCUT2D eigenvalue weighted by molar-refractivity contribution is -0.274. The second-order valence-corrected chi connectivity index (χ2v) is 10.9. The van der Waals surface area contributed by atoms with E-state index in [1.807, 2.05) is 49.4 Å². The Morgan fingerprint density at radius 1 is 1.10 bits per heavy atom. The number of alkyl halides is 3. The van der Waals surface area contributed by atoms with Crippen LogP contribution in [0.1, 0.15) is 63.6 Å². The summed E-state index contributed by atoms with van der Waals surface area (Å²) in [6.07, 6.45) is -4.25. The summed E-state index contributed by atoms with van der Waals surface area (Å²) < 4.78 is 42.0. The lowest BCUT2D eigenvalue weighted by Crippen LogP contribution is -2.32. The maximum atomic E-state index is 13.2. The average Bonchev–Trinajstić information content (AvgIpc) is 3.60. The smallest absolute Gasteiger partial charge is 0.406 e. The molecule has 3 aromatic carbocycles. The number of hydrogen-bond acceptors (Lipinski definition) is 4. The topological polar surface area (TPSA) is 91.2 Å². The van der Waals surface area contributed by atoms with Gasteiger partial charge >= 0.3 is 6.36 Å². The van der Waals surface area contributed by atoms with E-state index in [9.17, 15) is 28.0 Å². The molecule has 2 N–H and O–H groups in total. The second kappa shape index (κ2) is 10.9. The largest absolute Gasteiger partial charge is 0.573 e. The highest BCUT2D eigenvalue weighted by Gasteiger charge is 2.57. The van der Waals surface area contributed by atoms with Crippen molar-refractivity contribution in [1.82, 2.24) is 5.32 Å². The highest BCUT2D eigenvalue weighted by molar-refractivity contribution is 14.1. The first kappa shape index (κ1) is 28.4. The summed E-state index contributed by atoms with van der Waals surface area (Å²) in [6, 6.07) is 18.3. The molecule has 202 valence electrons. The molecule has 10 heteroatoms. The molecule has 1 aliphatic carbocycles. The third-order valence-electron chi connectivity index (χ3n) is 6.57. The van der Waals surface area contributed by atoms with E-state index in [1.165, 1.54) is 12.1 Å². The molecule has 6 nitrogen and oxygen atoms in total. The van der Waals surface area contributed by atoms with E-state index < -0.39 is 17.7 Å². The lowest BCUT2D eigenvalue weighted by Gasteiger charge is -2.16. The number of carbonyl (C=O) groups is 2. The molecule has 2 atom stereocenters. The number of halogens is 4. The Labute approximate surface area is 237 Å². The van der Waals surface area contributed by atoms with Gasteiger partial charge in [-0.05, 0) is 96.8 Å². The van der Waals surface area contributed by atoms with E-state index in [1.54, 1.807) is 42.5 Å². The minimum atomic E-state index is -4.77. The monoisotopic (exact) mass is 647 g/mol. The first-order valence-electron chi connectivity index (χ1n) is 12.1. The molecule has 1 aliphatic rings. The van der Waals surface area contributed by atoms with Crippen LogP contribution < -0.4 is 15.4 Å². The fourth-order valence-electron chi connectivity index (χ4n) is 4.62. The van der Waals surface area contributed by atoms with E-state index in [4.69, 9.17) is 0 Å². The quantitative estimate of drug-likeness (QED) is 0.275. The van der Waals surface area contributed by atoms with Crippen molar-refractivity contribution in [2.45, 2.75) is 50.9 Å². The number of anilines is 1. The van der Waals surface area contributed by atoms with Crippen molar-refractivity contribution in [3.63, 3.8) is 0 Å². The fourth-order valence-corrected chi connectivity index (χ4v) is 5.37. The van der Waals surface area contributed by atoms with Gasteiger partial charge < -0.3 is 15.4 Å². The van der Waals surface area contributed by atoms with Gasteiger partial charge in [0.2, 0.25) is 0 Å². The van der Waals surface area contributed by atoms with Crippen molar-refractivity contribution < 1.29 is 27.5 Å². The minimum Gasteiger partial charge on any atom is -0.406 e. The Hall–Kier alpha value is -3.59. The predicted molar refractivity (Wildman–Crippen MR) is 149 cm³/mol. The van der Waals surface area contributed by atoms with Crippen LogP contribution >= 0.6 is 22.6 Å². The molecule has 0 aromatic heterocycles. The highest BCUT2D eigenvalue weighted by atomic mass is 127. The Kier molecular flexibility index (Phi) is 7.93. The van der Waals surface area contributed by atoms with Gasteiger partial charge in [-0.2, -0.15) is 5.26 Å². The van der Waals surface area contributed by atoms with E-state index in [0.29, 0.717) is 21.2 Å². The van der Waals surface area contributed by atoms with Gasteiger partial charge in [0.05, 0.1) is 22.6 Å². The first-order chi connectivity index (χ1) is 18.3. The predicted octanol–water partition coefficient (Wildman–Crippen LogP) is 6.84. The third-order valence-corrected chi connectivity index (χ3v) is 7.47. The van der Waals surface area contributed by atoms with Gasteiger partial charge in [-0.15, -0.1) is 13.2 Å². The van der Waals surface area contributed by atoms with Crippen LogP contribution in [0.2, 0.25) is 0 Å². The molecule has 0 spiro atoms. The molecule has 0 saturated heterocycles. The van der Waals surface area contributed by atoms with Crippen LogP contribution in [0.5, 0.6) is 5.75 Å². The standard InChI is InChI=1S/C29H25F3IN3O3/c1-16(2)35-27(38)25-21(5-4-6-23(25)33)26(37)36-24-12-9-19(13-17(24)3)28(15-34)14-22(28)18-7-10-20(11-8-18)39-29(30,31)32/h4-13,16,22H,14H2,1-3H3,(H,35,38)(H,36,37). The summed E-state index contributed by atoms with van der Waals surface area (Å²) in [7, 11) is 0. The van der Waals surface area contributed by atoms with Crippen molar-refractivity contribution in [2.75, 3.05) is 5.32 Å². The first-order valence-corrected chi connectivity index (χ1v) is 13.2. The number of amides is 2. The molecule has 3 aromatic rings. The summed E-state index contributed by atoms with van der Waals surface area (Å²) in [5, 5.41) is 15.7. The van der Waals surface area contributed by atoms with E-state index in [-0.39, 0.29) is 29.2 Å². The zero-order valence-electron chi connectivity index (χ0n) is 21.3. The molecule has 0 bridgehead atoms. The van der Waals surface area contributed by atoms with Crippen molar-refractivity contribution in [3.8, 4) is 11.8 Å². The number of benzene rings is 3. The van der Waals surface area contributed by atoms with Gasteiger partial charge in [-0.25, -0.2) is 0 Å². The van der Waals surface area contributed by atoms with Gasteiger partial charge in [0.25, 0.3) is 11.8 Å². The number of nitrogens with zero attached hydrogens (tertiary/aromatic N) is 1.